The molecule has 140 valence electrons. The predicted molar refractivity (Wildman–Crippen MR) is 99.8 cm³/mol. The van der Waals surface area contributed by atoms with E-state index in [-0.39, 0.29) is 6.04 Å². The first-order valence-corrected chi connectivity index (χ1v) is 8.33. The van der Waals surface area contributed by atoms with Crippen molar-refractivity contribution in [2.75, 3.05) is 33.9 Å². The van der Waals surface area contributed by atoms with E-state index in [0.29, 0.717) is 25.7 Å². The van der Waals surface area contributed by atoms with Gasteiger partial charge in [-0.15, -0.1) is 0 Å². The van der Waals surface area contributed by atoms with Crippen LogP contribution in [0, 0.1) is 0 Å². The number of carbonyl (C=O) groups is 1. The van der Waals surface area contributed by atoms with Crippen LogP contribution in [0.25, 0.3) is 0 Å². The summed E-state index contributed by atoms with van der Waals surface area (Å²) in [5.74, 6) is 0.643. The third-order valence-corrected chi connectivity index (χ3v) is 3.19. The number of amides is 1. The van der Waals surface area contributed by atoms with Gasteiger partial charge in [-0.2, -0.15) is 0 Å². The van der Waals surface area contributed by atoms with Gasteiger partial charge in [0.15, 0.2) is 5.96 Å². The van der Waals surface area contributed by atoms with Crippen molar-refractivity contribution in [3.63, 3.8) is 0 Å². The van der Waals surface area contributed by atoms with Gasteiger partial charge in [0.05, 0.1) is 12.6 Å². The summed E-state index contributed by atoms with van der Waals surface area (Å²) in [5, 5.41) is 9.25. The molecule has 0 aromatic heterocycles. The number of hydrogen-bond acceptors (Lipinski definition) is 4. The smallest absolute Gasteiger partial charge is 0.408 e. The van der Waals surface area contributed by atoms with Crippen molar-refractivity contribution in [3.8, 4) is 0 Å². The lowest BCUT2D eigenvalue weighted by Gasteiger charge is -2.24. The first kappa shape index (κ1) is 20.8. The van der Waals surface area contributed by atoms with Gasteiger partial charge >= 0.3 is 6.09 Å². The molecule has 1 unspecified atom stereocenters. The van der Waals surface area contributed by atoms with Gasteiger partial charge in [-0.05, 0) is 26.3 Å². The molecule has 0 fully saturated rings. The van der Waals surface area contributed by atoms with Gasteiger partial charge in [0.2, 0.25) is 0 Å². The number of benzene rings is 1. The molecular weight excluding hydrogens is 320 g/mol. The lowest BCUT2D eigenvalue weighted by atomic mass is 10.1. The Hall–Kier alpha value is -2.28. The summed E-state index contributed by atoms with van der Waals surface area (Å²) >= 11 is 0. The molecule has 7 nitrogen and oxygen atoms in total. The standard InChI is InChI=1S/C18H30N4O3/c1-18(2,3)25-17(23)22-15(14-9-7-6-8-10-14)13-21-16(19-4)20-11-12-24-5/h6-10,15H,11-13H2,1-5H3,(H,22,23)(H2,19,20,21). The molecular formula is C18H30N4O3. The van der Waals surface area contributed by atoms with E-state index in [0.717, 1.165) is 5.56 Å². The van der Waals surface area contributed by atoms with Crippen molar-refractivity contribution >= 4 is 12.1 Å². The van der Waals surface area contributed by atoms with Crippen molar-refractivity contribution in [2.24, 2.45) is 4.99 Å². The summed E-state index contributed by atoms with van der Waals surface area (Å²) in [6, 6.07) is 9.48. The summed E-state index contributed by atoms with van der Waals surface area (Å²) < 4.78 is 10.4. The number of hydrogen-bond donors (Lipinski definition) is 3. The predicted octanol–water partition coefficient (Wildman–Crippen LogP) is 2.06. The highest BCUT2D eigenvalue weighted by atomic mass is 16.6. The molecule has 1 rings (SSSR count). The third kappa shape index (κ3) is 8.95. The zero-order valence-corrected chi connectivity index (χ0v) is 15.8. The molecule has 0 bridgehead atoms. The third-order valence-electron chi connectivity index (χ3n) is 3.19. The highest BCUT2D eigenvalue weighted by Gasteiger charge is 2.20. The van der Waals surface area contributed by atoms with Crippen LogP contribution in [0.1, 0.15) is 32.4 Å². The molecule has 0 aliphatic carbocycles. The van der Waals surface area contributed by atoms with Crippen molar-refractivity contribution in [3.05, 3.63) is 35.9 Å². The number of nitrogens with zero attached hydrogens (tertiary/aromatic N) is 1. The van der Waals surface area contributed by atoms with Crippen LogP contribution >= 0.6 is 0 Å². The lowest BCUT2D eigenvalue weighted by Crippen LogP contribution is -2.44. The SMILES string of the molecule is CN=C(NCCOC)NCC(NC(=O)OC(C)(C)C)c1ccccc1. The quantitative estimate of drug-likeness (QED) is 0.398. The minimum atomic E-state index is -0.545. The molecule has 0 saturated heterocycles. The van der Waals surface area contributed by atoms with Crippen LogP contribution in [0.3, 0.4) is 0 Å². The molecule has 0 spiro atoms. The largest absolute Gasteiger partial charge is 0.444 e. The second-order valence-corrected chi connectivity index (χ2v) is 6.48. The molecule has 1 aromatic rings. The maximum atomic E-state index is 12.1. The highest BCUT2D eigenvalue weighted by molar-refractivity contribution is 5.79. The number of methoxy groups -OCH3 is 1. The number of carbonyl (C=O) groups excluding carboxylic acids is 1. The van der Waals surface area contributed by atoms with Crippen molar-refractivity contribution in [1.82, 2.24) is 16.0 Å². The van der Waals surface area contributed by atoms with Crippen LogP contribution in [0.5, 0.6) is 0 Å². The Morgan fingerprint density at radius 3 is 2.44 bits per heavy atom. The van der Waals surface area contributed by atoms with E-state index in [1.807, 2.05) is 51.1 Å². The van der Waals surface area contributed by atoms with E-state index < -0.39 is 11.7 Å². The Morgan fingerprint density at radius 2 is 1.88 bits per heavy atom. The fourth-order valence-electron chi connectivity index (χ4n) is 2.08. The zero-order chi connectivity index (χ0) is 18.7. The number of nitrogens with one attached hydrogen (secondary N) is 3. The van der Waals surface area contributed by atoms with Crippen LogP contribution in [-0.4, -0.2) is 51.5 Å². The first-order valence-electron chi connectivity index (χ1n) is 8.33. The summed E-state index contributed by atoms with van der Waals surface area (Å²) in [5.41, 5.74) is 0.435. The topological polar surface area (TPSA) is 84.0 Å². The number of guanidine groups is 1. The minimum absolute atomic E-state index is 0.253. The molecule has 0 heterocycles. The normalized spacial score (nSPS) is 13.1. The Morgan fingerprint density at radius 1 is 1.20 bits per heavy atom. The summed E-state index contributed by atoms with van der Waals surface area (Å²) in [6.07, 6.45) is -0.453. The van der Waals surface area contributed by atoms with E-state index in [1.165, 1.54) is 0 Å². The zero-order valence-electron chi connectivity index (χ0n) is 15.8. The average Bonchev–Trinajstić information content (AvgIpc) is 2.56. The molecule has 3 N–H and O–H groups in total. The van der Waals surface area contributed by atoms with Gasteiger partial charge in [-0.1, -0.05) is 30.3 Å². The van der Waals surface area contributed by atoms with E-state index in [9.17, 15) is 4.79 Å². The molecule has 0 aliphatic rings. The first-order chi connectivity index (χ1) is 11.9. The molecule has 1 atom stereocenters. The van der Waals surface area contributed by atoms with Gasteiger partial charge < -0.3 is 25.4 Å². The second-order valence-electron chi connectivity index (χ2n) is 6.48. The number of aliphatic imine (C=N–C) groups is 1. The molecule has 25 heavy (non-hydrogen) atoms. The summed E-state index contributed by atoms with van der Waals surface area (Å²) in [7, 11) is 3.34. The van der Waals surface area contributed by atoms with Crippen molar-refractivity contribution in [1.29, 1.82) is 0 Å². The molecule has 0 radical (unpaired) electrons. The Labute approximate surface area is 150 Å². The molecule has 7 heteroatoms. The molecule has 0 saturated carbocycles. The molecule has 1 amide bonds. The number of ether oxygens (including phenoxy) is 2. The van der Waals surface area contributed by atoms with Gasteiger partial charge in [-0.25, -0.2) is 4.79 Å². The van der Waals surface area contributed by atoms with Crippen molar-refractivity contribution < 1.29 is 14.3 Å². The van der Waals surface area contributed by atoms with E-state index in [4.69, 9.17) is 9.47 Å². The van der Waals surface area contributed by atoms with Crippen molar-refractivity contribution in [2.45, 2.75) is 32.4 Å². The second kappa shape index (κ2) is 10.6. The fourth-order valence-corrected chi connectivity index (χ4v) is 2.08. The summed E-state index contributed by atoms with van der Waals surface area (Å²) in [6.45, 7) is 7.21. The Bertz CT molecular complexity index is 541. The minimum Gasteiger partial charge on any atom is -0.444 e. The van der Waals surface area contributed by atoms with Gasteiger partial charge in [0.25, 0.3) is 0 Å². The summed E-state index contributed by atoms with van der Waals surface area (Å²) in [4.78, 5) is 16.3. The maximum absolute atomic E-state index is 12.1. The Balaban J connectivity index is 2.70. The number of rotatable bonds is 7. The van der Waals surface area contributed by atoms with Crippen LogP contribution in [0.2, 0.25) is 0 Å². The maximum Gasteiger partial charge on any atom is 0.408 e. The van der Waals surface area contributed by atoms with Crippen LogP contribution in [-0.2, 0) is 9.47 Å². The lowest BCUT2D eigenvalue weighted by molar-refractivity contribution is 0.0504. The highest BCUT2D eigenvalue weighted by Crippen LogP contribution is 2.14. The Kier molecular flexibility index (Phi) is 8.77. The fraction of sp³-hybridized carbons (Fsp3) is 0.556. The van der Waals surface area contributed by atoms with Crippen LogP contribution < -0.4 is 16.0 Å². The number of alkyl carbamates (subject to hydrolysis) is 1. The van der Waals surface area contributed by atoms with Gasteiger partial charge in [0, 0.05) is 27.2 Å². The average molecular weight is 350 g/mol. The van der Waals surface area contributed by atoms with Crippen LogP contribution in [0.4, 0.5) is 4.79 Å². The van der Waals surface area contributed by atoms with E-state index >= 15 is 0 Å². The van der Waals surface area contributed by atoms with Gasteiger partial charge in [-0.3, -0.25) is 4.99 Å². The van der Waals surface area contributed by atoms with E-state index in [2.05, 4.69) is 20.9 Å². The molecule has 0 aliphatic heterocycles. The van der Waals surface area contributed by atoms with E-state index in [1.54, 1.807) is 14.2 Å². The van der Waals surface area contributed by atoms with Gasteiger partial charge in [0.1, 0.15) is 5.60 Å². The van der Waals surface area contributed by atoms with Crippen LogP contribution in [0.15, 0.2) is 35.3 Å². The monoisotopic (exact) mass is 350 g/mol. The molecule has 1 aromatic carbocycles.